The Morgan fingerprint density at radius 1 is 1.62 bits per heavy atom. The van der Waals surface area contributed by atoms with E-state index in [-0.39, 0.29) is 5.97 Å². The van der Waals surface area contributed by atoms with Gasteiger partial charge in [-0.25, -0.2) is 4.98 Å². The van der Waals surface area contributed by atoms with Crippen LogP contribution in [0.1, 0.15) is 31.9 Å². The highest BCUT2D eigenvalue weighted by Gasteiger charge is 2.05. The lowest BCUT2D eigenvalue weighted by Gasteiger charge is -1.99. The average molecular weight is 242 g/mol. The predicted molar refractivity (Wildman–Crippen MR) is 65.8 cm³/mol. The number of nitrogens with one attached hydrogen (secondary N) is 1. The highest BCUT2D eigenvalue weighted by atomic mass is 32.1. The normalized spacial score (nSPS) is 10.1. The summed E-state index contributed by atoms with van der Waals surface area (Å²) in [7, 11) is 1.40. The molecule has 0 fully saturated rings. The second kappa shape index (κ2) is 7.22. The number of aromatic nitrogens is 1. The van der Waals surface area contributed by atoms with Crippen molar-refractivity contribution >= 4 is 22.4 Å². The number of carbonyl (C=O) groups is 1. The van der Waals surface area contributed by atoms with Crippen LogP contribution in [0.25, 0.3) is 0 Å². The van der Waals surface area contributed by atoms with Crippen molar-refractivity contribution in [2.75, 3.05) is 19.0 Å². The number of hydrogen-bond donors (Lipinski definition) is 1. The van der Waals surface area contributed by atoms with Gasteiger partial charge in [-0.3, -0.25) is 4.79 Å². The quantitative estimate of drug-likeness (QED) is 0.589. The molecule has 0 radical (unpaired) electrons. The van der Waals surface area contributed by atoms with Crippen LogP contribution in [0.5, 0.6) is 0 Å². The van der Waals surface area contributed by atoms with Crippen LogP contribution < -0.4 is 5.32 Å². The monoisotopic (exact) mass is 242 g/mol. The maximum absolute atomic E-state index is 10.9. The maximum Gasteiger partial charge on any atom is 0.305 e. The molecule has 0 saturated heterocycles. The third-order valence-electron chi connectivity index (χ3n) is 2.17. The van der Waals surface area contributed by atoms with Gasteiger partial charge in [0.05, 0.1) is 19.2 Å². The Bertz CT molecular complexity index is 326. The zero-order valence-electron chi connectivity index (χ0n) is 9.78. The first-order valence-corrected chi connectivity index (χ1v) is 6.39. The van der Waals surface area contributed by atoms with Gasteiger partial charge in [0.2, 0.25) is 0 Å². The lowest BCUT2D eigenvalue weighted by molar-refractivity contribution is -0.140. The first-order valence-electron chi connectivity index (χ1n) is 5.51. The van der Waals surface area contributed by atoms with Gasteiger partial charge in [0.15, 0.2) is 5.13 Å². The van der Waals surface area contributed by atoms with E-state index in [1.54, 1.807) is 11.3 Å². The summed E-state index contributed by atoms with van der Waals surface area (Å²) < 4.78 is 4.58. The van der Waals surface area contributed by atoms with Crippen LogP contribution in [0.4, 0.5) is 5.13 Å². The number of anilines is 1. The van der Waals surface area contributed by atoms with Crippen LogP contribution in [0.2, 0.25) is 0 Å². The smallest absolute Gasteiger partial charge is 0.305 e. The molecular weight excluding hydrogens is 224 g/mol. The summed E-state index contributed by atoms with van der Waals surface area (Å²) in [5, 5.41) is 6.18. The molecule has 0 aliphatic heterocycles. The van der Waals surface area contributed by atoms with E-state index in [9.17, 15) is 4.79 Å². The van der Waals surface area contributed by atoms with Crippen LogP contribution in [0.15, 0.2) is 5.38 Å². The topological polar surface area (TPSA) is 51.2 Å². The molecule has 90 valence electrons. The van der Waals surface area contributed by atoms with E-state index in [0.717, 1.165) is 23.8 Å². The van der Waals surface area contributed by atoms with Gasteiger partial charge in [-0.2, -0.15) is 0 Å². The predicted octanol–water partition coefficient (Wildman–Crippen LogP) is 2.46. The van der Waals surface area contributed by atoms with Crippen LogP contribution in [0.3, 0.4) is 0 Å². The summed E-state index contributed by atoms with van der Waals surface area (Å²) in [4.78, 5) is 15.3. The van der Waals surface area contributed by atoms with Crippen molar-refractivity contribution in [3.8, 4) is 0 Å². The third kappa shape index (κ3) is 4.61. The first-order chi connectivity index (χ1) is 7.76. The number of unbranched alkanes of at least 4 members (excludes halogenated alkanes) is 1. The molecule has 1 aromatic rings. The van der Waals surface area contributed by atoms with Crippen LogP contribution in [-0.2, 0) is 16.0 Å². The molecule has 0 aliphatic carbocycles. The molecule has 16 heavy (non-hydrogen) atoms. The minimum Gasteiger partial charge on any atom is -0.469 e. The number of carbonyl (C=O) groups excluding carboxylic acids is 1. The number of hydrogen-bond acceptors (Lipinski definition) is 5. The van der Waals surface area contributed by atoms with Crippen molar-refractivity contribution in [3.63, 3.8) is 0 Å². The molecular formula is C11H18N2O2S. The van der Waals surface area contributed by atoms with E-state index in [1.807, 2.05) is 5.38 Å². The number of esters is 1. The second-order valence-electron chi connectivity index (χ2n) is 3.50. The van der Waals surface area contributed by atoms with Crippen molar-refractivity contribution in [1.29, 1.82) is 0 Å². The Balaban J connectivity index is 2.30. The third-order valence-corrected chi connectivity index (χ3v) is 3.02. The molecule has 4 nitrogen and oxygen atoms in total. The number of rotatable bonds is 7. The van der Waals surface area contributed by atoms with Gasteiger partial charge < -0.3 is 10.1 Å². The Hall–Kier alpha value is -1.10. The van der Waals surface area contributed by atoms with E-state index in [2.05, 4.69) is 22.0 Å². The summed E-state index contributed by atoms with van der Waals surface area (Å²) in [6.07, 6.45) is 3.37. The molecule has 0 unspecified atom stereocenters. The van der Waals surface area contributed by atoms with E-state index in [1.165, 1.54) is 13.5 Å². The summed E-state index contributed by atoms with van der Waals surface area (Å²) in [6, 6.07) is 0. The van der Waals surface area contributed by atoms with Gasteiger partial charge in [-0.15, -0.1) is 11.3 Å². The van der Waals surface area contributed by atoms with Gasteiger partial charge in [0.25, 0.3) is 0 Å². The fourth-order valence-electron chi connectivity index (χ4n) is 1.21. The van der Waals surface area contributed by atoms with E-state index in [0.29, 0.717) is 12.8 Å². The van der Waals surface area contributed by atoms with Crippen molar-refractivity contribution in [2.24, 2.45) is 0 Å². The molecule has 1 aromatic heterocycles. The number of thiazole rings is 1. The minimum atomic E-state index is -0.187. The van der Waals surface area contributed by atoms with Crippen LogP contribution in [0, 0.1) is 0 Å². The van der Waals surface area contributed by atoms with Crippen molar-refractivity contribution in [3.05, 3.63) is 11.1 Å². The molecule has 0 spiro atoms. The fraction of sp³-hybridized carbons (Fsp3) is 0.636. The van der Waals surface area contributed by atoms with Gasteiger partial charge in [-0.05, 0) is 6.42 Å². The number of aryl methyl sites for hydroxylation is 1. The Morgan fingerprint density at radius 2 is 2.44 bits per heavy atom. The van der Waals surface area contributed by atoms with Gasteiger partial charge >= 0.3 is 5.97 Å². The average Bonchev–Trinajstić information content (AvgIpc) is 2.74. The summed E-state index contributed by atoms with van der Waals surface area (Å²) in [6.45, 7) is 3.12. The summed E-state index contributed by atoms with van der Waals surface area (Å²) in [5.74, 6) is -0.187. The highest BCUT2D eigenvalue weighted by Crippen LogP contribution is 2.16. The molecule has 1 N–H and O–H groups in total. The first kappa shape index (κ1) is 13.0. The minimum absolute atomic E-state index is 0.187. The summed E-state index contributed by atoms with van der Waals surface area (Å²) in [5.41, 5.74) is 0.953. The van der Waals surface area contributed by atoms with E-state index >= 15 is 0 Å². The Morgan fingerprint density at radius 3 is 3.12 bits per heavy atom. The largest absolute Gasteiger partial charge is 0.469 e. The molecule has 0 amide bonds. The molecule has 1 heterocycles. The molecule has 5 heteroatoms. The van der Waals surface area contributed by atoms with Crippen molar-refractivity contribution < 1.29 is 9.53 Å². The van der Waals surface area contributed by atoms with E-state index < -0.39 is 0 Å². The molecule has 0 atom stereocenters. The lowest BCUT2D eigenvalue weighted by Crippen LogP contribution is -2.03. The molecule has 0 bridgehead atoms. The summed E-state index contributed by atoms with van der Waals surface area (Å²) >= 11 is 1.58. The van der Waals surface area contributed by atoms with Crippen LogP contribution in [-0.4, -0.2) is 24.6 Å². The Labute approximate surface area is 100 Å². The van der Waals surface area contributed by atoms with Crippen molar-refractivity contribution in [2.45, 2.75) is 32.6 Å². The zero-order valence-corrected chi connectivity index (χ0v) is 10.6. The molecule has 0 aromatic carbocycles. The van der Waals surface area contributed by atoms with Gasteiger partial charge in [0, 0.05) is 18.3 Å². The fourth-order valence-corrected chi connectivity index (χ4v) is 1.98. The van der Waals surface area contributed by atoms with E-state index in [4.69, 9.17) is 0 Å². The zero-order chi connectivity index (χ0) is 11.8. The number of methoxy groups -OCH3 is 1. The lowest BCUT2D eigenvalue weighted by atomic mass is 10.2. The Kier molecular flexibility index (Phi) is 5.85. The standard InChI is InChI=1S/C11H18N2O2S/c1-3-4-7-12-11-13-9(8-16-11)5-6-10(14)15-2/h8H,3-7H2,1-2H3,(H,12,13). The second-order valence-corrected chi connectivity index (χ2v) is 4.36. The molecule has 0 aliphatic rings. The number of nitrogens with zero attached hydrogens (tertiary/aromatic N) is 1. The molecule has 0 saturated carbocycles. The van der Waals surface area contributed by atoms with Crippen molar-refractivity contribution in [1.82, 2.24) is 4.98 Å². The molecule has 1 rings (SSSR count). The number of ether oxygens (including phenoxy) is 1. The van der Waals surface area contributed by atoms with Crippen LogP contribution >= 0.6 is 11.3 Å². The maximum atomic E-state index is 10.9. The highest BCUT2D eigenvalue weighted by molar-refractivity contribution is 7.13. The van der Waals surface area contributed by atoms with Gasteiger partial charge in [-0.1, -0.05) is 13.3 Å². The van der Waals surface area contributed by atoms with Gasteiger partial charge in [0.1, 0.15) is 0 Å². The SMILES string of the molecule is CCCCNc1nc(CCC(=O)OC)cs1.